The highest BCUT2D eigenvalue weighted by molar-refractivity contribution is 5.75. The third-order valence-corrected chi connectivity index (χ3v) is 0.727. The van der Waals surface area contributed by atoms with E-state index in [0.29, 0.717) is 6.42 Å². The van der Waals surface area contributed by atoms with E-state index < -0.39 is 0 Å². The second-order valence-electron chi connectivity index (χ2n) is 1.56. The van der Waals surface area contributed by atoms with Gasteiger partial charge in [0.15, 0.2) is 0 Å². The van der Waals surface area contributed by atoms with E-state index in [1.165, 1.54) is 0 Å². The Morgan fingerprint density at radius 3 is 2.43 bits per heavy atom. The number of ketones is 1. The van der Waals surface area contributed by atoms with Crippen LogP contribution in [0.25, 0.3) is 0 Å². The van der Waals surface area contributed by atoms with Crippen LogP contribution >= 0.6 is 0 Å². The largest absolute Gasteiger partial charge is 0.319 e. The summed E-state index contributed by atoms with van der Waals surface area (Å²) >= 11 is 0. The average Bonchev–Trinajstić information content (AvgIpc) is 1.61. The predicted octanol–water partition coefficient (Wildman–Crippen LogP) is 0.185. The fraction of sp³-hybridized carbons (Fsp3) is 0.800. The van der Waals surface area contributed by atoms with Gasteiger partial charge in [0.1, 0.15) is 5.78 Å². The Labute approximate surface area is 43.9 Å². The highest BCUT2D eigenvalue weighted by atomic mass is 16.1. The molecule has 0 saturated carbocycles. The number of rotatable bonds is 3. The molecule has 0 aromatic carbocycles. The van der Waals surface area contributed by atoms with E-state index in [1.807, 2.05) is 7.05 Å². The van der Waals surface area contributed by atoms with Gasteiger partial charge in [-0.2, -0.15) is 0 Å². The molecule has 2 heteroatoms. The number of hydrogen-bond acceptors (Lipinski definition) is 2. The fourth-order valence-electron chi connectivity index (χ4n) is 0.301. The minimum absolute atomic E-state index is 0.245. The summed E-state index contributed by atoms with van der Waals surface area (Å²) in [6.07, 6.45) is 0.649. The zero-order valence-corrected chi connectivity index (χ0v) is 4.82. The van der Waals surface area contributed by atoms with Crippen LogP contribution in [0.5, 0.6) is 0 Å². The van der Waals surface area contributed by atoms with Crippen molar-refractivity contribution in [1.82, 2.24) is 5.32 Å². The Morgan fingerprint density at radius 2 is 2.29 bits per heavy atom. The van der Waals surface area contributed by atoms with Crippen LogP contribution in [-0.2, 0) is 4.79 Å². The number of Topliss-reactive ketones (excluding diaryl/α,β-unsaturated/α-hetero) is 1. The Morgan fingerprint density at radius 1 is 1.71 bits per heavy atom. The van der Waals surface area contributed by atoms with Gasteiger partial charge in [-0.1, -0.05) is 0 Å². The summed E-state index contributed by atoms with van der Waals surface area (Å²) in [7, 11) is 1.84. The lowest BCUT2D eigenvalue weighted by Gasteiger charge is -1.89. The van der Waals surface area contributed by atoms with Crippen molar-refractivity contribution in [3.8, 4) is 0 Å². The summed E-state index contributed by atoms with van der Waals surface area (Å²) in [4.78, 5) is 10.2. The van der Waals surface area contributed by atoms with Crippen LogP contribution in [0.1, 0.15) is 13.3 Å². The Bertz CT molecular complexity index is 61.1. The quantitative estimate of drug-likeness (QED) is 0.549. The molecule has 0 bridgehead atoms. The molecular weight excluding hydrogens is 90.1 g/mol. The summed E-state index contributed by atoms with van der Waals surface area (Å²) in [5.74, 6) is 0.245. The molecule has 7 heavy (non-hydrogen) atoms. The molecule has 0 rings (SSSR count). The minimum Gasteiger partial charge on any atom is -0.319 e. The monoisotopic (exact) mass is 101 g/mol. The Hall–Kier alpha value is -0.370. The molecule has 0 saturated heterocycles. The maximum atomic E-state index is 10.2. The topological polar surface area (TPSA) is 29.1 Å². The van der Waals surface area contributed by atoms with E-state index in [2.05, 4.69) is 5.32 Å². The van der Waals surface area contributed by atoms with Crippen molar-refractivity contribution in [2.75, 3.05) is 13.6 Å². The van der Waals surface area contributed by atoms with Crippen molar-refractivity contribution in [1.29, 1.82) is 0 Å². The highest BCUT2D eigenvalue weighted by Gasteiger charge is 1.86. The van der Waals surface area contributed by atoms with Gasteiger partial charge in [-0.3, -0.25) is 4.79 Å². The summed E-state index contributed by atoms with van der Waals surface area (Å²) in [6, 6.07) is 0. The molecule has 1 N–H and O–H groups in total. The van der Waals surface area contributed by atoms with Crippen molar-refractivity contribution >= 4 is 5.78 Å². The molecule has 0 aliphatic carbocycles. The van der Waals surface area contributed by atoms with Crippen LogP contribution in [0, 0.1) is 0 Å². The van der Waals surface area contributed by atoms with Gasteiger partial charge in [0.05, 0.1) is 0 Å². The van der Waals surface area contributed by atoms with Crippen LogP contribution in [0.15, 0.2) is 0 Å². The van der Waals surface area contributed by atoms with Crippen molar-refractivity contribution in [2.45, 2.75) is 13.3 Å². The highest BCUT2D eigenvalue weighted by Crippen LogP contribution is 1.74. The second-order valence-corrected chi connectivity index (χ2v) is 1.56. The number of hydrogen-bond donors (Lipinski definition) is 1. The van der Waals surface area contributed by atoms with Gasteiger partial charge in [-0.05, 0) is 14.0 Å². The fourth-order valence-corrected chi connectivity index (χ4v) is 0.301. The van der Waals surface area contributed by atoms with Crippen LogP contribution < -0.4 is 5.32 Å². The minimum atomic E-state index is 0.245. The number of carbonyl (C=O) groups is 1. The summed E-state index contributed by atoms with van der Waals surface area (Å²) in [5, 5.41) is 2.88. The van der Waals surface area contributed by atoms with Crippen LogP contribution in [0.4, 0.5) is 0 Å². The molecule has 42 valence electrons. The third kappa shape index (κ3) is 5.63. The first-order valence-corrected chi connectivity index (χ1v) is 2.41. The average molecular weight is 101 g/mol. The third-order valence-electron chi connectivity index (χ3n) is 0.727. The summed E-state index contributed by atoms with van der Waals surface area (Å²) in [6.45, 7) is 2.40. The van der Waals surface area contributed by atoms with E-state index in [4.69, 9.17) is 0 Å². The van der Waals surface area contributed by atoms with Gasteiger partial charge in [0.25, 0.3) is 0 Å². The first-order valence-electron chi connectivity index (χ1n) is 2.41. The lowest BCUT2D eigenvalue weighted by Crippen LogP contribution is -2.10. The molecule has 0 amide bonds. The molecule has 0 aliphatic rings. The molecule has 0 aromatic heterocycles. The first-order chi connectivity index (χ1) is 3.27. The zero-order valence-electron chi connectivity index (χ0n) is 4.82. The van der Waals surface area contributed by atoms with E-state index in [1.54, 1.807) is 6.92 Å². The molecule has 2 nitrogen and oxygen atoms in total. The van der Waals surface area contributed by atoms with Gasteiger partial charge in [0.2, 0.25) is 0 Å². The molecule has 0 unspecified atom stereocenters. The van der Waals surface area contributed by atoms with Crippen LogP contribution in [-0.4, -0.2) is 19.4 Å². The van der Waals surface area contributed by atoms with Gasteiger partial charge >= 0.3 is 0 Å². The van der Waals surface area contributed by atoms with Crippen molar-refractivity contribution in [3.05, 3.63) is 0 Å². The molecule has 0 spiro atoms. The SMILES string of the molecule is CNCCC(C)=O. The molecular formula is C5H11NO. The predicted molar refractivity (Wildman–Crippen MR) is 29.2 cm³/mol. The van der Waals surface area contributed by atoms with E-state index >= 15 is 0 Å². The van der Waals surface area contributed by atoms with Crippen molar-refractivity contribution in [2.24, 2.45) is 0 Å². The Balaban J connectivity index is 2.82. The molecule has 0 radical (unpaired) electrons. The molecule has 0 fully saturated rings. The van der Waals surface area contributed by atoms with Gasteiger partial charge < -0.3 is 5.32 Å². The molecule has 0 aromatic rings. The lowest BCUT2D eigenvalue weighted by molar-refractivity contribution is -0.116. The standard InChI is InChI=1S/C5H11NO/c1-5(7)3-4-6-2/h6H,3-4H2,1-2H3. The molecule has 0 atom stereocenters. The maximum Gasteiger partial charge on any atom is 0.131 e. The summed E-state index contributed by atoms with van der Waals surface area (Å²) < 4.78 is 0. The van der Waals surface area contributed by atoms with Crippen molar-refractivity contribution < 1.29 is 4.79 Å². The molecule has 0 aliphatic heterocycles. The van der Waals surface area contributed by atoms with E-state index in [9.17, 15) is 4.79 Å². The first kappa shape index (κ1) is 6.63. The number of carbonyl (C=O) groups excluding carboxylic acids is 1. The van der Waals surface area contributed by atoms with Crippen molar-refractivity contribution in [3.63, 3.8) is 0 Å². The number of nitrogens with one attached hydrogen (secondary N) is 1. The molecule has 0 heterocycles. The van der Waals surface area contributed by atoms with E-state index in [0.717, 1.165) is 6.54 Å². The smallest absolute Gasteiger partial charge is 0.131 e. The lowest BCUT2D eigenvalue weighted by atomic mass is 10.3. The zero-order chi connectivity index (χ0) is 5.70. The summed E-state index contributed by atoms with van der Waals surface area (Å²) in [5.41, 5.74) is 0. The van der Waals surface area contributed by atoms with Gasteiger partial charge in [-0.25, -0.2) is 0 Å². The van der Waals surface area contributed by atoms with Crippen LogP contribution in [0.2, 0.25) is 0 Å². The maximum absolute atomic E-state index is 10.2. The second kappa shape index (κ2) is 3.81. The van der Waals surface area contributed by atoms with Crippen LogP contribution in [0.3, 0.4) is 0 Å². The van der Waals surface area contributed by atoms with E-state index in [-0.39, 0.29) is 5.78 Å². The normalized spacial score (nSPS) is 8.86. The Kier molecular flexibility index (Phi) is 3.61. The van der Waals surface area contributed by atoms with Gasteiger partial charge in [0, 0.05) is 13.0 Å². The van der Waals surface area contributed by atoms with Gasteiger partial charge in [-0.15, -0.1) is 0 Å².